The van der Waals surface area contributed by atoms with Crippen molar-refractivity contribution < 1.29 is 4.79 Å². The topological polar surface area (TPSA) is 88.9 Å². The Morgan fingerprint density at radius 3 is 2.52 bits per heavy atom. The number of rotatable bonds is 5. The number of benzene rings is 1. The number of aryl methyl sites for hydroxylation is 1. The molecule has 0 unspecified atom stereocenters. The SMILES string of the molecule is CCNC(=O)c1ccc(Nc2nc(C)c3ccc(=O)n(C4CCCC4)c3n2)cc1. The summed E-state index contributed by atoms with van der Waals surface area (Å²) in [5, 5.41) is 6.88. The summed E-state index contributed by atoms with van der Waals surface area (Å²) in [5.41, 5.74) is 2.87. The van der Waals surface area contributed by atoms with Gasteiger partial charge < -0.3 is 10.6 Å². The van der Waals surface area contributed by atoms with Crippen molar-refractivity contribution in [1.82, 2.24) is 19.9 Å². The minimum absolute atomic E-state index is 0.0141. The molecule has 2 aromatic heterocycles. The molecule has 0 bridgehead atoms. The van der Waals surface area contributed by atoms with Crippen LogP contribution in [-0.4, -0.2) is 27.0 Å². The smallest absolute Gasteiger partial charge is 0.252 e. The zero-order valence-corrected chi connectivity index (χ0v) is 16.7. The standard InChI is InChI=1S/C22H25N5O2/c1-3-23-21(29)15-8-10-16(11-9-15)25-22-24-14(2)18-12-13-19(28)27(20(18)26-22)17-6-4-5-7-17/h8-13,17H,3-7H2,1-2H3,(H,23,29)(H,24,25,26). The van der Waals surface area contributed by atoms with Crippen LogP contribution in [0.5, 0.6) is 0 Å². The van der Waals surface area contributed by atoms with Crippen LogP contribution in [0, 0.1) is 6.92 Å². The van der Waals surface area contributed by atoms with Crippen molar-refractivity contribution in [2.75, 3.05) is 11.9 Å². The zero-order valence-electron chi connectivity index (χ0n) is 16.7. The van der Waals surface area contributed by atoms with Gasteiger partial charge in [0.15, 0.2) is 0 Å². The van der Waals surface area contributed by atoms with Gasteiger partial charge in [0.2, 0.25) is 5.95 Å². The molecule has 2 heterocycles. The van der Waals surface area contributed by atoms with E-state index in [9.17, 15) is 9.59 Å². The molecule has 1 aliphatic carbocycles. The average Bonchev–Trinajstić information content (AvgIpc) is 3.23. The molecule has 1 aromatic carbocycles. The van der Waals surface area contributed by atoms with Crippen LogP contribution in [0.25, 0.3) is 11.0 Å². The van der Waals surface area contributed by atoms with Crippen molar-refractivity contribution in [2.24, 2.45) is 0 Å². The van der Waals surface area contributed by atoms with Crippen molar-refractivity contribution in [1.29, 1.82) is 0 Å². The van der Waals surface area contributed by atoms with E-state index in [0.29, 0.717) is 23.7 Å². The first-order valence-corrected chi connectivity index (χ1v) is 10.1. The third-order valence-electron chi connectivity index (χ3n) is 5.40. The third-order valence-corrected chi connectivity index (χ3v) is 5.40. The molecule has 150 valence electrons. The Kier molecular flexibility index (Phi) is 5.29. The van der Waals surface area contributed by atoms with Gasteiger partial charge >= 0.3 is 0 Å². The Morgan fingerprint density at radius 1 is 1.10 bits per heavy atom. The lowest BCUT2D eigenvalue weighted by atomic mass is 10.2. The molecule has 7 heteroatoms. The lowest BCUT2D eigenvalue weighted by Crippen LogP contribution is -2.24. The molecule has 0 atom stereocenters. The molecule has 0 radical (unpaired) electrons. The summed E-state index contributed by atoms with van der Waals surface area (Å²) in [5.74, 6) is 0.343. The van der Waals surface area contributed by atoms with E-state index in [1.807, 2.05) is 36.6 Å². The van der Waals surface area contributed by atoms with E-state index in [1.165, 1.54) is 0 Å². The third kappa shape index (κ3) is 3.85. The maximum atomic E-state index is 12.6. The minimum atomic E-state index is -0.0996. The monoisotopic (exact) mass is 391 g/mol. The van der Waals surface area contributed by atoms with Crippen LogP contribution < -0.4 is 16.2 Å². The second-order valence-electron chi connectivity index (χ2n) is 7.41. The van der Waals surface area contributed by atoms with Crippen molar-refractivity contribution >= 4 is 28.6 Å². The van der Waals surface area contributed by atoms with Gasteiger partial charge in [0.25, 0.3) is 11.5 Å². The Labute approximate surface area is 169 Å². The molecule has 0 aliphatic heterocycles. The maximum absolute atomic E-state index is 12.6. The second-order valence-corrected chi connectivity index (χ2v) is 7.41. The number of nitrogens with zero attached hydrogens (tertiary/aromatic N) is 3. The van der Waals surface area contributed by atoms with Crippen LogP contribution >= 0.6 is 0 Å². The summed E-state index contributed by atoms with van der Waals surface area (Å²) >= 11 is 0. The number of fused-ring (bicyclic) bond motifs is 1. The molecule has 0 spiro atoms. The van der Waals surface area contributed by atoms with Gasteiger partial charge in [-0.15, -0.1) is 0 Å². The van der Waals surface area contributed by atoms with E-state index in [0.717, 1.165) is 42.5 Å². The predicted molar refractivity (Wildman–Crippen MR) is 114 cm³/mol. The molecule has 7 nitrogen and oxygen atoms in total. The molecular formula is C22H25N5O2. The second kappa shape index (κ2) is 8.03. The number of carbonyl (C=O) groups excluding carboxylic acids is 1. The largest absolute Gasteiger partial charge is 0.352 e. The maximum Gasteiger partial charge on any atom is 0.252 e. The highest BCUT2D eigenvalue weighted by molar-refractivity contribution is 5.94. The van der Waals surface area contributed by atoms with Gasteiger partial charge in [-0.05, 0) is 57.0 Å². The van der Waals surface area contributed by atoms with E-state index < -0.39 is 0 Å². The quantitative estimate of drug-likeness (QED) is 0.692. The Morgan fingerprint density at radius 2 is 1.83 bits per heavy atom. The lowest BCUT2D eigenvalue weighted by molar-refractivity contribution is 0.0956. The van der Waals surface area contributed by atoms with Crippen LogP contribution in [0.3, 0.4) is 0 Å². The van der Waals surface area contributed by atoms with Crippen LogP contribution in [0.1, 0.15) is 54.7 Å². The number of aromatic nitrogens is 3. The minimum Gasteiger partial charge on any atom is -0.352 e. The molecular weight excluding hydrogens is 366 g/mol. The van der Waals surface area contributed by atoms with Crippen LogP contribution in [0.2, 0.25) is 0 Å². The van der Waals surface area contributed by atoms with Crippen LogP contribution in [0.4, 0.5) is 11.6 Å². The molecule has 2 N–H and O–H groups in total. The fraction of sp³-hybridized carbons (Fsp3) is 0.364. The summed E-state index contributed by atoms with van der Waals surface area (Å²) in [6.45, 7) is 4.40. The first-order valence-electron chi connectivity index (χ1n) is 10.1. The Balaban J connectivity index is 1.68. The highest BCUT2D eigenvalue weighted by Gasteiger charge is 2.21. The fourth-order valence-electron chi connectivity index (χ4n) is 3.95. The first kappa shape index (κ1) is 19.1. The van der Waals surface area contributed by atoms with E-state index in [2.05, 4.69) is 20.6 Å². The number of nitrogens with one attached hydrogen (secondary N) is 2. The summed E-state index contributed by atoms with van der Waals surface area (Å²) in [6, 6.07) is 10.8. The first-order chi connectivity index (χ1) is 14.1. The summed E-state index contributed by atoms with van der Waals surface area (Å²) in [6.07, 6.45) is 4.29. The summed E-state index contributed by atoms with van der Waals surface area (Å²) < 4.78 is 1.83. The predicted octanol–water partition coefficient (Wildman–Crippen LogP) is 3.71. The Bertz CT molecular complexity index is 1100. The number of hydrogen-bond acceptors (Lipinski definition) is 5. The average molecular weight is 391 g/mol. The molecule has 1 amide bonds. The van der Waals surface area contributed by atoms with Crippen molar-refractivity contribution in [3.63, 3.8) is 0 Å². The van der Waals surface area contributed by atoms with Gasteiger partial charge in [-0.1, -0.05) is 12.8 Å². The van der Waals surface area contributed by atoms with Gasteiger partial charge in [-0.3, -0.25) is 14.2 Å². The number of amides is 1. The van der Waals surface area contributed by atoms with Crippen LogP contribution in [-0.2, 0) is 0 Å². The molecule has 29 heavy (non-hydrogen) atoms. The van der Waals surface area contributed by atoms with E-state index >= 15 is 0 Å². The van der Waals surface area contributed by atoms with Crippen molar-refractivity contribution in [2.45, 2.75) is 45.6 Å². The zero-order chi connectivity index (χ0) is 20.4. The van der Waals surface area contributed by atoms with Gasteiger partial charge in [0.1, 0.15) is 5.65 Å². The number of anilines is 2. The van der Waals surface area contributed by atoms with Gasteiger partial charge in [0, 0.05) is 35.3 Å². The normalized spacial score (nSPS) is 14.3. The summed E-state index contributed by atoms with van der Waals surface area (Å²) in [4.78, 5) is 33.8. The molecule has 1 saturated carbocycles. The van der Waals surface area contributed by atoms with E-state index in [-0.39, 0.29) is 17.5 Å². The molecule has 1 aliphatic rings. The lowest BCUT2D eigenvalue weighted by Gasteiger charge is -2.17. The number of carbonyl (C=O) groups is 1. The van der Waals surface area contributed by atoms with Gasteiger partial charge in [-0.2, -0.15) is 4.98 Å². The highest BCUT2D eigenvalue weighted by Crippen LogP contribution is 2.31. The molecule has 4 rings (SSSR count). The highest BCUT2D eigenvalue weighted by atomic mass is 16.1. The van der Waals surface area contributed by atoms with Crippen molar-refractivity contribution in [3.8, 4) is 0 Å². The van der Waals surface area contributed by atoms with E-state index in [1.54, 1.807) is 18.2 Å². The fourth-order valence-corrected chi connectivity index (χ4v) is 3.95. The molecule has 1 fully saturated rings. The van der Waals surface area contributed by atoms with Crippen molar-refractivity contribution in [3.05, 3.63) is 58.0 Å². The van der Waals surface area contributed by atoms with Gasteiger partial charge in [-0.25, -0.2) is 4.98 Å². The number of pyridine rings is 1. The Hall–Kier alpha value is -3.22. The van der Waals surface area contributed by atoms with Gasteiger partial charge in [0.05, 0.1) is 5.69 Å². The van der Waals surface area contributed by atoms with Crippen LogP contribution in [0.15, 0.2) is 41.2 Å². The molecule has 0 saturated heterocycles. The molecule has 3 aromatic rings. The van der Waals surface area contributed by atoms with E-state index in [4.69, 9.17) is 0 Å². The number of hydrogen-bond donors (Lipinski definition) is 2. The summed E-state index contributed by atoms with van der Waals surface area (Å²) in [7, 11) is 0.